The van der Waals surface area contributed by atoms with Crippen molar-refractivity contribution in [3.8, 4) is 39.5 Å². The van der Waals surface area contributed by atoms with E-state index in [4.69, 9.17) is 9.97 Å². The number of hydrogen-bond acceptors (Lipinski definition) is 2. The highest BCUT2D eigenvalue weighted by molar-refractivity contribution is 6.22. The molecule has 0 N–H and O–H groups in total. The molecule has 0 unspecified atom stereocenters. The van der Waals surface area contributed by atoms with Gasteiger partial charge < -0.3 is 0 Å². The molecule has 0 saturated carbocycles. The Morgan fingerprint density at radius 1 is 0.367 bits per heavy atom. The van der Waals surface area contributed by atoms with Crippen LogP contribution < -0.4 is 0 Å². The monoisotopic (exact) mass is 623 g/mol. The molecule has 0 bridgehead atoms. The Kier molecular flexibility index (Phi) is 6.18. The molecule has 0 aliphatic carbocycles. The minimum absolute atomic E-state index is 0.928. The molecule has 0 spiro atoms. The van der Waals surface area contributed by atoms with Gasteiger partial charge in [0.05, 0.1) is 22.2 Å². The first-order chi connectivity index (χ1) is 24.3. The molecule has 0 aliphatic heterocycles. The van der Waals surface area contributed by atoms with Crippen LogP contribution in [0.2, 0.25) is 0 Å². The van der Waals surface area contributed by atoms with Crippen molar-refractivity contribution >= 4 is 54.3 Å². The van der Waals surface area contributed by atoms with Crippen LogP contribution in [0.5, 0.6) is 0 Å². The molecule has 10 aromatic rings. The molecule has 2 aromatic heterocycles. The number of fused-ring (bicyclic) bond motifs is 7. The second kappa shape index (κ2) is 11.0. The van der Waals surface area contributed by atoms with Gasteiger partial charge in [-0.15, -0.1) is 0 Å². The molecule has 2 heterocycles. The van der Waals surface area contributed by atoms with E-state index >= 15 is 0 Å². The quantitative estimate of drug-likeness (QED) is 0.183. The highest BCUT2D eigenvalue weighted by Crippen LogP contribution is 2.39. The third-order valence-corrected chi connectivity index (χ3v) is 9.76. The Bertz CT molecular complexity index is 2870. The van der Waals surface area contributed by atoms with Gasteiger partial charge in [-0.1, -0.05) is 140 Å². The zero-order valence-corrected chi connectivity index (χ0v) is 26.6. The molecule has 3 nitrogen and oxygen atoms in total. The van der Waals surface area contributed by atoms with Gasteiger partial charge in [-0.2, -0.15) is 0 Å². The highest BCUT2D eigenvalue weighted by atomic mass is 15.1. The van der Waals surface area contributed by atoms with Crippen molar-refractivity contribution < 1.29 is 0 Å². The maximum atomic E-state index is 5.39. The first kappa shape index (κ1) is 27.5. The molecule has 0 saturated heterocycles. The number of para-hydroxylation sites is 3. The predicted molar refractivity (Wildman–Crippen MR) is 205 cm³/mol. The van der Waals surface area contributed by atoms with Crippen LogP contribution in [-0.2, 0) is 0 Å². The average molecular weight is 624 g/mol. The number of nitrogens with zero attached hydrogens (tertiary/aromatic N) is 3. The molecule has 0 atom stereocenters. The lowest BCUT2D eigenvalue weighted by Gasteiger charge is -2.14. The Morgan fingerprint density at radius 2 is 1.02 bits per heavy atom. The van der Waals surface area contributed by atoms with Crippen LogP contribution in [0.15, 0.2) is 176 Å². The second-order valence-electron chi connectivity index (χ2n) is 12.6. The maximum Gasteiger partial charge on any atom is 0.145 e. The zero-order valence-electron chi connectivity index (χ0n) is 26.6. The number of rotatable bonds is 4. The minimum atomic E-state index is 0.928. The lowest BCUT2D eigenvalue weighted by molar-refractivity contribution is 1.10. The summed E-state index contributed by atoms with van der Waals surface area (Å²) in [5, 5.41) is 8.49. The summed E-state index contributed by atoms with van der Waals surface area (Å²) in [6.07, 6.45) is 0. The van der Waals surface area contributed by atoms with Crippen LogP contribution in [0, 0.1) is 0 Å². The van der Waals surface area contributed by atoms with Gasteiger partial charge in [0.1, 0.15) is 5.82 Å². The van der Waals surface area contributed by atoms with E-state index in [-0.39, 0.29) is 0 Å². The fraction of sp³-hybridized carbons (Fsp3) is 0. The molecule has 0 radical (unpaired) electrons. The van der Waals surface area contributed by atoms with Crippen molar-refractivity contribution in [1.82, 2.24) is 14.5 Å². The lowest BCUT2D eigenvalue weighted by Crippen LogP contribution is -1.97. The Balaban J connectivity index is 1.13. The lowest BCUT2D eigenvalue weighted by atomic mass is 9.93. The van der Waals surface area contributed by atoms with Crippen LogP contribution in [0.25, 0.3) is 93.7 Å². The number of benzene rings is 8. The molecular formula is C46H29N3. The van der Waals surface area contributed by atoms with Crippen molar-refractivity contribution in [2.24, 2.45) is 0 Å². The van der Waals surface area contributed by atoms with Gasteiger partial charge in [0, 0.05) is 33.0 Å². The summed E-state index contributed by atoms with van der Waals surface area (Å²) in [5.74, 6) is 0.928. The van der Waals surface area contributed by atoms with Crippen molar-refractivity contribution in [1.29, 1.82) is 0 Å². The molecule has 0 aliphatic rings. The Morgan fingerprint density at radius 3 is 1.90 bits per heavy atom. The van der Waals surface area contributed by atoms with Gasteiger partial charge in [0.2, 0.25) is 0 Å². The van der Waals surface area contributed by atoms with Crippen LogP contribution in [0.4, 0.5) is 0 Å². The largest absolute Gasteiger partial charge is 0.292 e. The fourth-order valence-electron chi connectivity index (χ4n) is 7.38. The van der Waals surface area contributed by atoms with Gasteiger partial charge >= 0.3 is 0 Å². The van der Waals surface area contributed by atoms with Crippen molar-refractivity contribution in [2.75, 3.05) is 0 Å². The number of pyridine rings is 1. The molecule has 8 aromatic carbocycles. The molecule has 49 heavy (non-hydrogen) atoms. The van der Waals surface area contributed by atoms with Gasteiger partial charge in [-0.3, -0.25) is 4.57 Å². The predicted octanol–water partition coefficient (Wildman–Crippen LogP) is 12.0. The van der Waals surface area contributed by atoms with E-state index in [0.29, 0.717) is 0 Å². The summed E-state index contributed by atoms with van der Waals surface area (Å²) in [4.78, 5) is 10.5. The summed E-state index contributed by atoms with van der Waals surface area (Å²) in [6, 6.07) is 62.6. The number of hydrogen-bond donors (Lipinski definition) is 0. The third-order valence-electron chi connectivity index (χ3n) is 9.76. The van der Waals surface area contributed by atoms with Crippen LogP contribution in [-0.4, -0.2) is 14.5 Å². The maximum absolute atomic E-state index is 5.39. The summed E-state index contributed by atoms with van der Waals surface area (Å²) in [7, 11) is 0. The molecule has 228 valence electrons. The van der Waals surface area contributed by atoms with E-state index < -0.39 is 0 Å². The number of aromatic nitrogens is 3. The van der Waals surface area contributed by atoms with E-state index in [9.17, 15) is 0 Å². The Labute approximate surface area is 283 Å². The normalized spacial score (nSPS) is 11.7. The fourth-order valence-corrected chi connectivity index (χ4v) is 7.38. The van der Waals surface area contributed by atoms with Gasteiger partial charge in [0.15, 0.2) is 0 Å². The van der Waals surface area contributed by atoms with Gasteiger partial charge in [-0.05, 0) is 69.1 Å². The summed E-state index contributed by atoms with van der Waals surface area (Å²) >= 11 is 0. The van der Waals surface area contributed by atoms with E-state index in [2.05, 4.69) is 168 Å². The molecule has 0 amide bonds. The SMILES string of the molecule is c1ccc(-n2c(-c3ccc(-c4ccc5c(c4)nc(-c4ccc6ccccc6c4)c4ccc6ccccc6c45)cc3)nc3ccccc32)cc1. The average Bonchev–Trinajstić information content (AvgIpc) is 3.57. The van der Waals surface area contributed by atoms with Crippen molar-refractivity contribution in [2.45, 2.75) is 0 Å². The number of imidazole rings is 1. The van der Waals surface area contributed by atoms with E-state index in [1.165, 1.54) is 32.3 Å². The second-order valence-corrected chi connectivity index (χ2v) is 12.6. The van der Waals surface area contributed by atoms with E-state index in [1.807, 2.05) is 12.1 Å². The smallest absolute Gasteiger partial charge is 0.145 e. The summed E-state index contributed by atoms with van der Waals surface area (Å²) in [5.41, 5.74) is 9.62. The first-order valence-electron chi connectivity index (χ1n) is 16.7. The minimum Gasteiger partial charge on any atom is -0.292 e. The van der Waals surface area contributed by atoms with Crippen LogP contribution in [0.1, 0.15) is 0 Å². The van der Waals surface area contributed by atoms with Crippen LogP contribution >= 0.6 is 0 Å². The first-order valence-corrected chi connectivity index (χ1v) is 16.7. The van der Waals surface area contributed by atoms with Gasteiger partial charge in [0.25, 0.3) is 0 Å². The Hall–Kier alpha value is -6.58. The zero-order chi connectivity index (χ0) is 32.3. The van der Waals surface area contributed by atoms with Crippen molar-refractivity contribution in [3.05, 3.63) is 176 Å². The highest BCUT2D eigenvalue weighted by Gasteiger charge is 2.16. The van der Waals surface area contributed by atoms with Crippen LogP contribution in [0.3, 0.4) is 0 Å². The van der Waals surface area contributed by atoms with Gasteiger partial charge in [-0.25, -0.2) is 9.97 Å². The molecule has 0 fully saturated rings. The van der Waals surface area contributed by atoms with Crippen molar-refractivity contribution in [3.63, 3.8) is 0 Å². The standard InChI is InChI=1S/C46H29N3/c1-2-13-37(14-3-1)49-43-17-9-8-16-41(43)48-46(49)33-21-18-31(19-22-33)35-25-26-39-42(29-35)47-45(36-23-20-30-10-4-5-12-34(30)28-36)40-27-24-32-11-6-7-15-38(32)44(39)40/h1-29H. The third kappa shape index (κ3) is 4.51. The van der Waals surface area contributed by atoms with E-state index in [0.717, 1.165) is 61.4 Å². The topological polar surface area (TPSA) is 30.7 Å². The molecular weight excluding hydrogens is 595 g/mol. The molecule has 3 heteroatoms. The molecule has 10 rings (SSSR count). The van der Waals surface area contributed by atoms with E-state index in [1.54, 1.807) is 0 Å². The summed E-state index contributed by atoms with van der Waals surface area (Å²) in [6.45, 7) is 0. The summed E-state index contributed by atoms with van der Waals surface area (Å²) < 4.78 is 2.24.